The first-order chi connectivity index (χ1) is 4.24. The number of hydrogen-bond acceptors (Lipinski definition) is 3. The summed E-state index contributed by atoms with van der Waals surface area (Å²) in [4.78, 5) is 4.25. The maximum atomic E-state index is 5.50. The van der Waals surface area contributed by atoms with E-state index in [9.17, 15) is 0 Å². The molecule has 1 aliphatic rings. The maximum absolute atomic E-state index is 5.50. The number of rotatable bonds is 1. The molecule has 0 fully saturated rings. The van der Waals surface area contributed by atoms with E-state index in [2.05, 4.69) is 18.8 Å². The summed E-state index contributed by atoms with van der Waals surface area (Å²) in [6.45, 7) is 4.31. The molecule has 2 unspecified atom stereocenters. The third-order valence-electron chi connectivity index (χ3n) is 1.56. The normalized spacial score (nSPS) is 34.7. The van der Waals surface area contributed by atoms with E-state index in [0.717, 1.165) is 11.6 Å². The van der Waals surface area contributed by atoms with Gasteiger partial charge in [-0.1, -0.05) is 25.6 Å². The van der Waals surface area contributed by atoms with Crippen molar-refractivity contribution in [2.24, 2.45) is 10.7 Å². The number of nitrogens with zero attached hydrogens (tertiary/aromatic N) is 1. The van der Waals surface area contributed by atoms with Crippen molar-refractivity contribution in [2.75, 3.05) is 0 Å². The van der Waals surface area contributed by atoms with Gasteiger partial charge in [-0.3, -0.25) is 4.99 Å². The lowest BCUT2D eigenvalue weighted by atomic mass is 10.2. The SMILES string of the molecule is CCC1N=C(N)SC1C. The fourth-order valence-corrected chi connectivity index (χ4v) is 1.98. The Morgan fingerprint density at radius 3 is 2.67 bits per heavy atom. The molecule has 0 saturated heterocycles. The standard InChI is InChI=1S/C6H12N2S/c1-3-5-4(2)9-6(7)8-5/h4-5H,3H2,1-2H3,(H2,7,8). The Morgan fingerprint density at radius 2 is 2.44 bits per heavy atom. The lowest BCUT2D eigenvalue weighted by Gasteiger charge is -2.06. The Kier molecular flexibility index (Phi) is 2.01. The summed E-state index contributed by atoms with van der Waals surface area (Å²) in [6.07, 6.45) is 1.11. The van der Waals surface area contributed by atoms with E-state index < -0.39 is 0 Å². The summed E-state index contributed by atoms with van der Waals surface area (Å²) >= 11 is 1.68. The van der Waals surface area contributed by atoms with Gasteiger partial charge >= 0.3 is 0 Å². The minimum absolute atomic E-state index is 0.468. The van der Waals surface area contributed by atoms with Crippen molar-refractivity contribution in [3.05, 3.63) is 0 Å². The molecule has 1 aliphatic heterocycles. The molecule has 0 bridgehead atoms. The van der Waals surface area contributed by atoms with Crippen molar-refractivity contribution >= 4 is 16.9 Å². The molecule has 0 aromatic rings. The average molecular weight is 144 g/mol. The molecule has 0 spiro atoms. The van der Waals surface area contributed by atoms with Gasteiger partial charge in [0.15, 0.2) is 5.17 Å². The van der Waals surface area contributed by atoms with Crippen LogP contribution in [0, 0.1) is 0 Å². The van der Waals surface area contributed by atoms with Gasteiger partial charge in [0.2, 0.25) is 0 Å². The van der Waals surface area contributed by atoms with E-state index in [0.29, 0.717) is 11.3 Å². The van der Waals surface area contributed by atoms with E-state index in [4.69, 9.17) is 5.73 Å². The fraction of sp³-hybridized carbons (Fsp3) is 0.833. The summed E-state index contributed by atoms with van der Waals surface area (Å²) in [5.74, 6) is 0. The van der Waals surface area contributed by atoms with Crippen LogP contribution in [-0.2, 0) is 0 Å². The lowest BCUT2D eigenvalue weighted by molar-refractivity contribution is 0.656. The Bertz CT molecular complexity index is 133. The summed E-state index contributed by atoms with van der Waals surface area (Å²) in [5.41, 5.74) is 5.50. The van der Waals surface area contributed by atoms with Crippen LogP contribution in [0.25, 0.3) is 0 Å². The molecule has 2 atom stereocenters. The first-order valence-electron chi connectivity index (χ1n) is 3.24. The Morgan fingerprint density at radius 1 is 1.78 bits per heavy atom. The van der Waals surface area contributed by atoms with Gasteiger partial charge in [-0.2, -0.15) is 0 Å². The first-order valence-corrected chi connectivity index (χ1v) is 4.12. The number of thioether (sulfide) groups is 1. The summed E-state index contributed by atoms with van der Waals surface area (Å²) in [7, 11) is 0. The highest BCUT2D eigenvalue weighted by molar-refractivity contribution is 8.14. The van der Waals surface area contributed by atoms with E-state index in [1.165, 1.54) is 0 Å². The molecule has 0 aromatic heterocycles. The minimum Gasteiger partial charge on any atom is -0.379 e. The van der Waals surface area contributed by atoms with Crippen LogP contribution in [0.2, 0.25) is 0 Å². The van der Waals surface area contributed by atoms with Crippen molar-refractivity contribution in [1.82, 2.24) is 0 Å². The van der Waals surface area contributed by atoms with Gasteiger partial charge in [0, 0.05) is 5.25 Å². The molecule has 0 aliphatic carbocycles. The summed E-state index contributed by atoms with van der Waals surface area (Å²) < 4.78 is 0. The molecule has 2 N–H and O–H groups in total. The molecule has 0 radical (unpaired) electrons. The molecule has 52 valence electrons. The molecule has 0 amide bonds. The highest BCUT2D eigenvalue weighted by Gasteiger charge is 2.22. The van der Waals surface area contributed by atoms with Gasteiger partial charge in [0.05, 0.1) is 6.04 Å². The highest BCUT2D eigenvalue weighted by Crippen LogP contribution is 2.25. The second-order valence-corrected chi connectivity index (χ2v) is 3.66. The smallest absolute Gasteiger partial charge is 0.154 e. The first kappa shape index (κ1) is 6.93. The molecule has 9 heavy (non-hydrogen) atoms. The zero-order valence-electron chi connectivity index (χ0n) is 5.79. The van der Waals surface area contributed by atoms with Crippen molar-refractivity contribution in [2.45, 2.75) is 31.6 Å². The maximum Gasteiger partial charge on any atom is 0.154 e. The van der Waals surface area contributed by atoms with Crippen LogP contribution in [0.5, 0.6) is 0 Å². The largest absolute Gasteiger partial charge is 0.379 e. The molecule has 2 nitrogen and oxygen atoms in total. The van der Waals surface area contributed by atoms with Crippen LogP contribution >= 0.6 is 11.8 Å². The Labute approximate surface area is 59.9 Å². The molecular formula is C6H12N2S. The van der Waals surface area contributed by atoms with Crippen molar-refractivity contribution in [3.8, 4) is 0 Å². The van der Waals surface area contributed by atoms with Crippen molar-refractivity contribution in [1.29, 1.82) is 0 Å². The molecule has 0 saturated carbocycles. The van der Waals surface area contributed by atoms with Crippen LogP contribution in [0.3, 0.4) is 0 Å². The molecule has 3 heteroatoms. The monoisotopic (exact) mass is 144 g/mol. The molecular weight excluding hydrogens is 132 g/mol. The number of amidine groups is 1. The van der Waals surface area contributed by atoms with Gasteiger partial charge in [0.1, 0.15) is 0 Å². The van der Waals surface area contributed by atoms with E-state index in [-0.39, 0.29) is 0 Å². The minimum atomic E-state index is 0.468. The molecule has 0 aromatic carbocycles. The van der Waals surface area contributed by atoms with Crippen LogP contribution in [-0.4, -0.2) is 16.5 Å². The van der Waals surface area contributed by atoms with E-state index in [1.807, 2.05) is 0 Å². The van der Waals surface area contributed by atoms with Crippen molar-refractivity contribution < 1.29 is 0 Å². The average Bonchev–Trinajstić information content (AvgIpc) is 2.10. The van der Waals surface area contributed by atoms with Crippen molar-refractivity contribution in [3.63, 3.8) is 0 Å². The molecule has 1 rings (SSSR count). The zero-order valence-corrected chi connectivity index (χ0v) is 6.61. The lowest BCUT2D eigenvalue weighted by Crippen LogP contribution is -2.11. The van der Waals surface area contributed by atoms with Crippen LogP contribution in [0.1, 0.15) is 20.3 Å². The van der Waals surface area contributed by atoms with Gasteiger partial charge in [-0.25, -0.2) is 0 Å². The molecule has 1 heterocycles. The van der Waals surface area contributed by atoms with Gasteiger partial charge in [-0.15, -0.1) is 0 Å². The highest BCUT2D eigenvalue weighted by atomic mass is 32.2. The predicted molar refractivity (Wildman–Crippen MR) is 42.8 cm³/mol. The topological polar surface area (TPSA) is 38.4 Å². The van der Waals surface area contributed by atoms with Gasteiger partial charge in [-0.05, 0) is 6.42 Å². The zero-order chi connectivity index (χ0) is 6.85. The number of hydrogen-bond donors (Lipinski definition) is 1. The second kappa shape index (κ2) is 2.60. The Hall–Kier alpha value is -0.180. The Balaban J connectivity index is 2.53. The fourth-order valence-electron chi connectivity index (χ4n) is 0.991. The van der Waals surface area contributed by atoms with E-state index in [1.54, 1.807) is 11.8 Å². The summed E-state index contributed by atoms with van der Waals surface area (Å²) in [5, 5.41) is 1.35. The van der Waals surface area contributed by atoms with Crippen LogP contribution in [0.4, 0.5) is 0 Å². The van der Waals surface area contributed by atoms with Crippen LogP contribution < -0.4 is 5.73 Å². The van der Waals surface area contributed by atoms with Crippen LogP contribution in [0.15, 0.2) is 4.99 Å². The number of nitrogens with two attached hydrogens (primary N) is 1. The van der Waals surface area contributed by atoms with E-state index >= 15 is 0 Å². The number of aliphatic imine (C=N–C) groups is 1. The summed E-state index contributed by atoms with van der Waals surface area (Å²) in [6, 6.07) is 0.468. The predicted octanol–water partition coefficient (Wildman–Crippen LogP) is 1.22. The quantitative estimate of drug-likeness (QED) is 0.601. The third kappa shape index (κ3) is 1.39. The second-order valence-electron chi connectivity index (χ2n) is 2.27. The van der Waals surface area contributed by atoms with Gasteiger partial charge in [0.25, 0.3) is 0 Å². The van der Waals surface area contributed by atoms with Gasteiger partial charge < -0.3 is 5.73 Å². The third-order valence-corrected chi connectivity index (χ3v) is 2.59.